The Kier molecular flexibility index (Phi) is 4.75. The molecule has 0 spiro atoms. The fraction of sp³-hybridized carbons (Fsp3) is 0.421. The van der Waals surface area contributed by atoms with Crippen molar-refractivity contribution in [2.45, 2.75) is 41.0 Å². The molecule has 1 aromatic heterocycles. The van der Waals surface area contributed by atoms with E-state index in [1.165, 1.54) is 25.9 Å². The fourth-order valence-corrected chi connectivity index (χ4v) is 5.92. The van der Waals surface area contributed by atoms with Crippen LogP contribution in [-0.4, -0.2) is 36.0 Å². The number of hydrogen-bond donors (Lipinski definition) is 2. The fourth-order valence-electron chi connectivity index (χ4n) is 3.92. The molecule has 3 saturated heterocycles. The van der Waals surface area contributed by atoms with Gasteiger partial charge in [0.2, 0.25) is 0 Å². The van der Waals surface area contributed by atoms with Crippen LogP contribution >= 0.6 is 23.1 Å². The standard InChI is InChI=1S/C19H23N3OS2/c1-12-18(13-8-10-22(12)11-9-13)21-19(23)16-6-7-17(25-16)24-15-4-2-14(20)3-5-15/h2-7,12-13,18H,8-11,20H2,1H3,(H,21,23). The molecule has 0 saturated carbocycles. The van der Waals surface area contributed by atoms with Crippen LogP contribution in [0.1, 0.15) is 29.4 Å². The van der Waals surface area contributed by atoms with Crippen molar-refractivity contribution in [3.05, 3.63) is 41.3 Å². The maximum atomic E-state index is 12.7. The van der Waals surface area contributed by atoms with Crippen LogP contribution in [0.5, 0.6) is 0 Å². The third-order valence-electron chi connectivity index (χ3n) is 5.38. The number of fused-ring (bicyclic) bond motifs is 3. The van der Waals surface area contributed by atoms with Crippen molar-refractivity contribution in [3.8, 4) is 0 Å². The molecule has 2 bridgehead atoms. The average Bonchev–Trinajstić information content (AvgIpc) is 3.09. The van der Waals surface area contributed by atoms with Crippen molar-refractivity contribution in [3.63, 3.8) is 0 Å². The lowest BCUT2D eigenvalue weighted by Gasteiger charge is -2.49. The molecular weight excluding hydrogens is 350 g/mol. The van der Waals surface area contributed by atoms with E-state index in [0.717, 1.165) is 19.7 Å². The van der Waals surface area contributed by atoms with E-state index in [1.54, 1.807) is 23.1 Å². The quantitative estimate of drug-likeness (QED) is 0.803. The van der Waals surface area contributed by atoms with Gasteiger partial charge in [-0.1, -0.05) is 11.8 Å². The Morgan fingerprint density at radius 1 is 1.20 bits per heavy atom. The zero-order valence-electron chi connectivity index (χ0n) is 14.3. The van der Waals surface area contributed by atoms with Crippen LogP contribution in [0.4, 0.5) is 5.69 Å². The van der Waals surface area contributed by atoms with Crippen molar-refractivity contribution in [2.75, 3.05) is 18.8 Å². The first-order chi connectivity index (χ1) is 12.1. The lowest BCUT2D eigenvalue weighted by molar-refractivity contribution is 0.0218. The van der Waals surface area contributed by atoms with Gasteiger partial charge in [0.25, 0.3) is 5.91 Å². The number of nitrogens with two attached hydrogens (primary N) is 1. The smallest absolute Gasteiger partial charge is 0.261 e. The number of carbonyl (C=O) groups excluding carboxylic acids is 1. The molecule has 6 heteroatoms. The van der Waals surface area contributed by atoms with Crippen LogP contribution in [-0.2, 0) is 0 Å². The maximum absolute atomic E-state index is 12.7. The van der Waals surface area contributed by atoms with Gasteiger partial charge in [0.05, 0.1) is 9.09 Å². The number of benzene rings is 1. The third-order valence-corrected chi connectivity index (χ3v) is 7.60. The second-order valence-electron chi connectivity index (χ2n) is 6.90. The topological polar surface area (TPSA) is 58.4 Å². The molecule has 3 aliphatic heterocycles. The Morgan fingerprint density at radius 3 is 2.60 bits per heavy atom. The summed E-state index contributed by atoms with van der Waals surface area (Å²) in [5.74, 6) is 0.701. The maximum Gasteiger partial charge on any atom is 0.261 e. The molecule has 3 aliphatic rings. The van der Waals surface area contributed by atoms with E-state index in [-0.39, 0.29) is 11.9 Å². The molecule has 1 amide bonds. The number of carbonyl (C=O) groups is 1. The van der Waals surface area contributed by atoms with Gasteiger partial charge in [-0.15, -0.1) is 11.3 Å². The third kappa shape index (κ3) is 3.57. The number of amides is 1. The summed E-state index contributed by atoms with van der Waals surface area (Å²) in [6, 6.07) is 12.5. The van der Waals surface area contributed by atoms with Crippen LogP contribution in [0.25, 0.3) is 0 Å². The second kappa shape index (κ2) is 7.02. The van der Waals surface area contributed by atoms with Gasteiger partial charge < -0.3 is 11.1 Å². The molecule has 132 valence electrons. The molecule has 2 atom stereocenters. The zero-order chi connectivity index (χ0) is 17.4. The highest BCUT2D eigenvalue weighted by Gasteiger charge is 2.40. The summed E-state index contributed by atoms with van der Waals surface area (Å²) in [4.78, 5) is 17.1. The van der Waals surface area contributed by atoms with E-state index in [2.05, 4.69) is 17.1 Å². The van der Waals surface area contributed by atoms with Crippen LogP contribution in [0.2, 0.25) is 0 Å². The monoisotopic (exact) mass is 373 g/mol. The lowest BCUT2D eigenvalue weighted by atomic mass is 9.79. The molecule has 4 nitrogen and oxygen atoms in total. The Balaban J connectivity index is 1.41. The number of nitrogens with one attached hydrogen (secondary N) is 1. The van der Waals surface area contributed by atoms with E-state index in [1.807, 2.05) is 36.4 Å². The number of hydrogen-bond acceptors (Lipinski definition) is 5. The molecule has 25 heavy (non-hydrogen) atoms. The van der Waals surface area contributed by atoms with Crippen molar-refractivity contribution in [2.24, 2.45) is 5.92 Å². The minimum absolute atomic E-state index is 0.0692. The first-order valence-electron chi connectivity index (χ1n) is 8.78. The van der Waals surface area contributed by atoms with Crippen LogP contribution < -0.4 is 11.1 Å². The van der Waals surface area contributed by atoms with E-state index < -0.39 is 0 Å². The first-order valence-corrected chi connectivity index (χ1v) is 10.4. The van der Waals surface area contributed by atoms with Gasteiger partial charge in [0.1, 0.15) is 0 Å². The predicted octanol–water partition coefficient (Wildman–Crippen LogP) is 3.69. The van der Waals surface area contributed by atoms with Crippen LogP contribution in [0, 0.1) is 5.92 Å². The van der Waals surface area contributed by atoms with Crippen molar-refractivity contribution >= 4 is 34.7 Å². The van der Waals surface area contributed by atoms with Gasteiger partial charge in [-0.05, 0) is 75.2 Å². The first kappa shape index (κ1) is 16.9. The number of rotatable bonds is 4. The number of thiophene rings is 1. The van der Waals surface area contributed by atoms with Crippen molar-refractivity contribution < 1.29 is 4.79 Å². The van der Waals surface area contributed by atoms with Gasteiger partial charge in [0.15, 0.2) is 0 Å². The van der Waals surface area contributed by atoms with Gasteiger partial charge in [-0.3, -0.25) is 9.69 Å². The summed E-state index contributed by atoms with van der Waals surface area (Å²) < 4.78 is 1.12. The van der Waals surface area contributed by atoms with Gasteiger partial charge >= 0.3 is 0 Å². The van der Waals surface area contributed by atoms with E-state index in [0.29, 0.717) is 12.0 Å². The largest absolute Gasteiger partial charge is 0.399 e. The summed E-state index contributed by atoms with van der Waals surface area (Å²) in [6.45, 7) is 4.60. The highest BCUT2D eigenvalue weighted by Crippen LogP contribution is 2.35. The van der Waals surface area contributed by atoms with Crippen LogP contribution in [0.3, 0.4) is 0 Å². The van der Waals surface area contributed by atoms with E-state index in [4.69, 9.17) is 5.73 Å². The van der Waals surface area contributed by atoms with Crippen molar-refractivity contribution in [1.29, 1.82) is 0 Å². The molecule has 1 aromatic carbocycles. The molecule has 3 fully saturated rings. The van der Waals surface area contributed by atoms with Gasteiger partial charge in [-0.2, -0.15) is 0 Å². The molecule has 5 rings (SSSR count). The highest BCUT2D eigenvalue weighted by atomic mass is 32.2. The normalized spacial score (nSPS) is 28.0. The highest BCUT2D eigenvalue weighted by molar-refractivity contribution is 8.01. The second-order valence-corrected chi connectivity index (χ2v) is 9.36. The molecular formula is C19H23N3OS2. The summed E-state index contributed by atoms with van der Waals surface area (Å²) in [5, 5.41) is 3.31. The van der Waals surface area contributed by atoms with E-state index >= 15 is 0 Å². The minimum atomic E-state index is 0.0692. The molecule has 2 aromatic rings. The number of nitrogens with zero attached hydrogens (tertiary/aromatic N) is 1. The van der Waals surface area contributed by atoms with Crippen LogP contribution in [0.15, 0.2) is 45.5 Å². The summed E-state index contributed by atoms with van der Waals surface area (Å²) in [6.07, 6.45) is 2.41. The lowest BCUT2D eigenvalue weighted by Crippen LogP contribution is -2.62. The molecule has 3 N–H and O–H groups in total. The van der Waals surface area contributed by atoms with Crippen molar-refractivity contribution in [1.82, 2.24) is 10.2 Å². The number of piperidine rings is 3. The van der Waals surface area contributed by atoms with Gasteiger partial charge in [-0.25, -0.2) is 0 Å². The predicted molar refractivity (Wildman–Crippen MR) is 104 cm³/mol. The Labute approximate surface area is 156 Å². The minimum Gasteiger partial charge on any atom is -0.399 e. The Morgan fingerprint density at radius 2 is 1.92 bits per heavy atom. The summed E-state index contributed by atoms with van der Waals surface area (Å²) in [5.41, 5.74) is 6.49. The number of anilines is 1. The average molecular weight is 374 g/mol. The molecule has 4 heterocycles. The SMILES string of the molecule is CC1C(NC(=O)c2ccc(Sc3ccc(N)cc3)s2)C2CCN1CC2. The summed E-state index contributed by atoms with van der Waals surface area (Å²) >= 11 is 3.22. The molecule has 0 radical (unpaired) electrons. The Hall–Kier alpha value is -1.50. The van der Waals surface area contributed by atoms with E-state index in [9.17, 15) is 4.79 Å². The summed E-state index contributed by atoms with van der Waals surface area (Å²) in [7, 11) is 0. The van der Waals surface area contributed by atoms with Gasteiger partial charge in [0, 0.05) is 22.7 Å². The molecule has 0 aliphatic carbocycles. The Bertz CT molecular complexity index is 748. The molecule has 2 unspecified atom stereocenters. The zero-order valence-corrected chi connectivity index (χ0v) is 15.9. The number of nitrogen functional groups attached to an aromatic ring is 1.